The van der Waals surface area contributed by atoms with E-state index in [4.69, 9.17) is 20.8 Å². The van der Waals surface area contributed by atoms with Gasteiger partial charge in [0.1, 0.15) is 0 Å². The number of aryl methyl sites for hydroxylation is 1. The van der Waals surface area contributed by atoms with Crippen LogP contribution in [0.15, 0.2) is 18.2 Å². The molecule has 4 rings (SSSR count). The van der Waals surface area contributed by atoms with Gasteiger partial charge >= 0.3 is 5.97 Å². The third-order valence-corrected chi connectivity index (χ3v) is 13.7. The molecule has 42 heavy (non-hydrogen) atoms. The Kier molecular flexibility index (Phi) is 9.93. The zero-order valence-electron chi connectivity index (χ0n) is 24.8. The number of ether oxygens (including phenoxy) is 1. The molecule has 1 N–H and O–H groups in total. The number of anilines is 2. The molecule has 0 aliphatic carbocycles. The number of fused-ring (bicyclic) bond motifs is 1. The standard InChI is InChI=1S/C30H36ClFN4O4SSi/c1-19-21-11-7-15-36(27(21)35-34-26(19)31)29-33-25(28(37)38)24(41-29)12-9-16-39-23-14-13-20(18-22(23)32)10-8-17-40-42(5,6)30(2,3)4/h13-14,18H,7,9,11-12,15-17H2,1-6H3,(H,37,38). The third kappa shape index (κ3) is 7.29. The number of carboxylic acids is 1. The second kappa shape index (κ2) is 13.1. The van der Waals surface area contributed by atoms with Gasteiger partial charge in [0.15, 0.2) is 41.7 Å². The minimum Gasteiger partial charge on any atom is -0.491 e. The molecule has 3 heterocycles. The van der Waals surface area contributed by atoms with Crippen molar-refractivity contribution < 1.29 is 23.5 Å². The lowest BCUT2D eigenvalue weighted by Gasteiger charge is -2.35. The Labute approximate surface area is 256 Å². The van der Waals surface area contributed by atoms with Crippen molar-refractivity contribution in [3.05, 3.63) is 56.4 Å². The van der Waals surface area contributed by atoms with E-state index >= 15 is 0 Å². The van der Waals surface area contributed by atoms with Gasteiger partial charge in [-0.2, -0.15) is 0 Å². The highest BCUT2D eigenvalue weighted by molar-refractivity contribution is 7.16. The summed E-state index contributed by atoms with van der Waals surface area (Å²) in [7, 11) is -1.89. The van der Waals surface area contributed by atoms with Crippen molar-refractivity contribution in [3.63, 3.8) is 0 Å². The van der Waals surface area contributed by atoms with Crippen LogP contribution in [-0.4, -0.2) is 54.3 Å². The topological polar surface area (TPSA) is 97.7 Å². The molecule has 1 aromatic carbocycles. The fraction of sp³-hybridized carbons (Fsp3) is 0.467. The summed E-state index contributed by atoms with van der Waals surface area (Å²) in [5, 5.41) is 19.1. The van der Waals surface area contributed by atoms with E-state index in [1.54, 1.807) is 12.1 Å². The molecular formula is C30H36ClFN4O4SSi. The number of rotatable bonds is 9. The van der Waals surface area contributed by atoms with Crippen LogP contribution in [-0.2, 0) is 17.3 Å². The molecule has 1 aliphatic rings. The molecule has 12 heteroatoms. The van der Waals surface area contributed by atoms with Gasteiger partial charge in [-0.15, -0.1) is 21.5 Å². The number of thiazole rings is 1. The van der Waals surface area contributed by atoms with Crippen molar-refractivity contribution in [1.29, 1.82) is 0 Å². The van der Waals surface area contributed by atoms with Crippen LogP contribution in [0, 0.1) is 24.6 Å². The molecule has 0 atom stereocenters. The van der Waals surface area contributed by atoms with Gasteiger partial charge in [0.2, 0.25) is 0 Å². The van der Waals surface area contributed by atoms with Crippen LogP contribution in [0.4, 0.5) is 15.3 Å². The lowest BCUT2D eigenvalue weighted by atomic mass is 10.0. The molecule has 3 aromatic rings. The first-order chi connectivity index (χ1) is 19.8. The number of benzene rings is 1. The molecule has 0 bridgehead atoms. The van der Waals surface area contributed by atoms with Crippen molar-refractivity contribution >= 4 is 48.2 Å². The highest BCUT2D eigenvalue weighted by atomic mass is 35.5. The molecule has 0 unspecified atom stereocenters. The largest absolute Gasteiger partial charge is 0.491 e. The fourth-order valence-electron chi connectivity index (χ4n) is 4.21. The Morgan fingerprint density at radius 3 is 2.74 bits per heavy atom. The van der Waals surface area contributed by atoms with E-state index in [1.807, 2.05) is 11.8 Å². The molecular weight excluding hydrogens is 595 g/mol. The zero-order valence-corrected chi connectivity index (χ0v) is 27.4. The van der Waals surface area contributed by atoms with E-state index in [9.17, 15) is 14.3 Å². The van der Waals surface area contributed by atoms with Gasteiger partial charge in [0.05, 0.1) is 13.2 Å². The number of aromatic carboxylic acids is 1. The van der Waals surface area contributed by atoms with E-state index in [1.165, 1.54) is 17.4 Å². The van der Waals surface area contributed by atoms with Crippen LogP contribution in [0.2, 0.25) is 23.3 Å². The smallest absolute Gasteiger partial charge is 0.355 e. The maximum atomic E-state index is 14.7. The normalized spacial score (nSPS) is 13.4. The second-order valence-electron chi connectivity index (χ2n) is 11.7. The quantitative estimate of drug-likeness (QED) is 0.151. The van der Waals surface area contributed by atoms with Crippen LogP contribution < -0.4 is 9.64 Å². The predicted molar refractivity (Wildman–Crippen MR) is 166 cm³/mol. The molecule has 224 valence electrons. The SMILES string of the molecule is Cc1c(Cl)nnc2c1CCCN2c1nc(C(=O)O)c(CCCOc2ccc(C#CCO[Si](C)(C)C(C)(C)C)cc2F)s1. The van der Waals surface area contributed by atoms with Gasteiger partial charge in [-0.3, -0.25) is 0 Å². The summed E-state index contributed by atoms with van der Waals surface area (Å²) in [5.41, 5.74) is 2.43. The van der Waals surface area contributed by atoms with Gasteiger partial charge in [-0.1, -0.05) is 44.2 Å². The third-order valence-electron chi connectivity index (χ3n) is 7.73. The maximum Gasteiger partial charge on any atom is 0.355 e. The van der Waals surface area contributed by atoms with Crippen molar-refractivity contribution in [2.24, 2.45) is 0 Å². The number of hydrogen-bond acceptors (Lipinski definition) is 8. The van der Waals surface area contributed by atoms with E-state index < -0.39 is 20.1 Å². The van der Waals surface area contributed by atoms with Crippen molar-refractivity contribution in [2.45, 2.75) is 71.5 Å². The van der Waals surface area contributed by atoms with Gasteiger partial charge in [0.25, 0.3) is 0 Å². The van der Waals surface area contributed by atoms with Gasteiger partial charge in [0, 0.05) is 22.5 Å². The van der Waals surface area contributed by atoms with Gasteiger partial charge in [-0.05, 0) is 74.5 Å². The van der Waals surface area contributed by atoms with Crippen LogP contribution in [0.3, 0.4) is 0 Å². The van der Waals surface area contributed by atoms with E-state index in [2.05, 4.69) is 60.9 Å². The van der Waals surface area contributed by atoms with E-state index in [0.717, 1.165) is 24.0 Å². The highest BCUT2D eigenvalue weighted by Crippen LogP contribution is 2.38. The van der Waals surface area contributed by atoms with Crippen molar-refractivity contribution in [1.82, 2.24) is 15.2 Å². The summed E-state index contributed by atoms with van der Waals surface area (Å²) in [5.74, 6) is 5.13. The molecule has 0 fully saturated rings. The van der Waals surface area contributed by atoms with Gasteiger partial charge in [-0.25, -0.2) is 14.2 Å². The highest BCUT2D eigenvalue weighted by Gasteiger charge is 2.36. The number of aromatic nitrogens is 3. The Bertz CT molecular complexity index is 1530. The van der Waals surface area contributed by atoms with Crippen LogP contribution >= 0.6 is 22.9 Å². The summed E-state index contributed by atoms with van der Waals surface area (Å²) in [6.45, 7) is 13.9. The van der Waals surface area contributed by atoms with Crippen molar-refractivity contribution in [2.75, 3.05) is 24.7 Å². The predicted octanol–water partition coefficient (Wildman–Crippen LogP) is 7.20. The minimum absolute atomic E-state index is 0.00686. The lowest BCUT2D eigenvalue weighted by molar-refractivity contribution is 0.0690. The Balaban J connectivity index is 1.36. The summed E-state index contributed by atoms with van der Waals surface area (Å²) < 4.78 is 26.4. The summed E-state index contributed by atoms with van der Waals surface area (Å²) in [6, 6.07) is 4.62. The average molecular weight is 631 g/mol. The van der Waals surface area contributed by atoms with Crippen LogP contribution in [0.5, 0.6) is 5.75 Å². The van der Waals surface area contributed by atoms with E-state index in [0.29, 0.717) is 52.5 Å². The molecule has 0 spiro atoms. The minimum atomic E-state index is -1.89. The number of hydrogen-bond donors (Lipinski definition) is 1. The fourth-order valence-corrected chi connectivity index (χ4v) is 6.35. The lowest BCUT2D eigenvalue weighted by Crippen LogP contribution is -2.40. The summed E-state index contributed by atoms with van der Waals surface area (Å²) in [4.78, 5) is 18.9. The van der Waals surface area contributed by atoms with Gasteiger partial charge < -0.3 is 19.2 Å². The molecule has 0 amide bonds. The average Bonchev–Trinajstić information content (AvgIpc) is 3.35. The maximum absolute atomic E-state index is 14.7. The monoisotopic (exact) mass is 630 g/mol. The van der Waals surface area contributed by atoms with Crippen LogP contribution in [0.25, 0.3) is 0 Å². The van der Waals surface area contributed by atoms with E-state index in [-0.39, 0.29) is 23.1 Å². The van der Waals surface area contributed by atoms with Crippen LogP contribution in [0.1, 0.15) is 65.7 Å². The molecule has 2 aromatic heterocycles. The first-order valence-electron chi connectivity index (χ1n) is 13.9. The number of carboxylic acid groups (broad SMARTS) is 1. The Hall–Kier alpha value is -3.04. The first kappa shape index (κ1) is 31.9. The molecule has 0 saturated heterocycles. The molecule has 0 radical (unpaired) electrons. The molecule has 0 saturated carbocycles. The summed E-state index contributed by atoms with van der Waals surface area (Å²) >= 11 is 7.48. The zero-order chi connectivity index (χ0) is 30.7. The second-order valence-corrected chi connectivity index (χ2v) is 17.9. The Morgan fingerprint density at radius 1 is 1.29 bits per heavy atom. The molecule has 8 nitrogen and oxygen atoms in total. The van der Waals surface area contributed by atoms with Crippen molar-refractivity contribution in [3.8, 4) is 17.6 Å². The Morgan fingerprint density at radius 2 is 2.05 bits per heavy atom. The number of nitrogens with zero attached hydrogens (tertiary/aromatic N) is 4. The number of carbonyl (C=O) groups is 1. The summed E-state index contributed by atoms with van der Waals surface area (Å²) in [6.07, 6.45) is 2.59. The first-order valence-corrected chi connectivity index (χ1v) is 18.0. The molecule has 1 aliphatic heterocycles. The number of halogens is 2.